The molecule has 4 amide bonds. The molecule has 3 unspecified atom stereocenters. The number of ether oxygens (including phenoxy) is 2. The molecule has 3 rings (SSSR count). The van der Waals surface area contributed by atoms with E-state index in [2.05, 4.69) is 32.3 Å². The summed E-state index contributed by atoms with van der Waals surface area (Å²) in [4.78, 5) is 80.6. The number of esters is 2. The van der Waals surface area contributed by atoms with Gasteiger partial charge in [-0.05, 0) is 42.7 Å². The molecule has 3 N–H and O–H groups in total. The highest BCUT2D eigenvalue weighted by Crippen LogP contribution is 2.24. The molecule has 3 atom stereocenters. The lowest BCUT2D eigenvalue weighted by Crippen LogP contribution is -2.48. The standard InChI is InChI=1S/C37H46N4O10/c1-5-7-9-14-28(30(6-2)41(24-42)50-22-25-12-10-8-11-13-25)35(45)38-23-39-36(46)32-20-19-31(51-32)26-15-17-27(18-16-26)34(44)40-29(37(47)49-4)21-33(43)48-3/h8,10-13,15-20,24,28-30H,5-7,9,14,21-23H2,1-4H3,(H,38,45)(H,39,46)(H,40,44). The number of hydrogen-bond donors (Lipinski definition) is 3. The molecule has 1 aromatic heterocycles. The van der Waals surface area contributed by atoms with Crippen LogP contribution in [0.5, 0.6) is 0 Å². The van der Waals surface area contributed by atoms with Gasteiger partial charge in [0.1, 0.15) is 18.4 Å². The minimum absolute atomic E-state index is 0.00262. The van der Waals surface area contributed by atoms with Gasteiger partial charge in [0.15, 0.2) is 5.76 Å². The first kappa shape index (κ1) is 39.9. The van der Waals surface area contributed by atoms with Crippen LogP contribution in [0.2, 0.25) is 0 Å². The first-order valence-corrected chi connectivity index (χ1v) is 16.8. The van der Waals surface area contributed by atoms with Gasteiger partial charge in [-0.15, -0.1) is 0 Å². The first-order valence-electron chi connectivity index (χ1n) is 16.8. The Balaban J connectivity index is 1.59. The van der Waals surface area contributed by atoms with Crippen molar-refractivity contribution in [3.05, 3.63) is 83.6 Å². The Bertz CT molecular complexity index is 1590. The average Bonchev–Trinajstić information content (AvgIpc) is 3.66. The molecule has 51 heavy (non-hydrogen) atoms. The van der Waals surface area contributed by atoms with Crippen LogP contribution in [0.3, 0.4) is 0 Å². The summed E-state index contributed by atoms with van der Waals surface area (Å²) in [6, 6.07) is 16.9. The van der Waals surface area contributed by atoms with Crippen molar-refractivity contribution in [2.75, 3.05) is 20.9 Å². The van der Waals surface area contributed by atoms with E-state index in [1.54, 1.807) is 18.2 Å². The van der Waals surface area contributed by atoms with E-state index >= 15 is 0 Å². The monoisotopic (exact) mass is 706 g/mol. The quantitative estimate of drug-likeness (QED) is 0.0479. The second-order valence-electron chi connectivity index (χ2n) is 11.6. The van der Waals surface area contributed by atoms with Crippen molar-refractivity contribution in [2.45, 2.75) is 71.1 Å². The van der Waals surface area contributed by atoms with Gasteiger partial charge in [0, 0.05) is 11.1 Å². The molecule has 274 valence electrons. The van der Waals surface area contributed by atoms with Gasteiger partial charge in [-0.3, -0.25) is 28.8 Å². The highest BCUT2D eigenvalue weighted by Gasteiger charge is 2.32. The Morgan fingerprint density at radius 1 is 0.863 bits per heavy atom. The number of carbonyl (C=O) groups excluding carboxylic acids is 6. The maximum atomic E-state index is 13.4. The van der Waals surface area contributed by atoms with Crippen LogP contribution in [0.15, 0.2) is 71.1 Å². The number of amides is 4. The van der Waals surface area contributed by atoms with Gasteiger partial charge in [0.05, 0.1) is 39.3 Å². The molecular weight excluding hydrogens is 660 g/mol. The normalized spacial score (nSPS) is 12.5. The summed E-state index contributed by atoms with van der Waals surface area (Å²) in [6.07, 6.45) is 3.89. The Morgan fingerprint density at radius 3 is 2.22 bits per heavy atom. The number of hydrogen-bond acceptors (Lipinski definition) is 10. The number of rotatable bonds is 21. The number of carbonyl (C=O) groups is 6. The molecular formula is C37H46N4O10. The number of unbranched alkanes of at least 4 members (excludes halogenated alkanes) is 2. The van der Waals surface area contributed by atoms with Crippen molar-refractivity contribution in [1.29, 1.82) is 0 Å². The molecule has 0 bridgehead atoms. The molecule has 0 radical (unpaired) electrons. The summed E-state index contributed by atoms with van der Waals surface area (Å²) < 4.78 is 15.0. The van der Waals surface area contributed by atoms with Gasteiger partial charge in [0.25, 0.3) is 11.8 Å². The third kappa shape index (κ3) is 12.1. The molecule has 0 saturated carbocycles. The number of nitrogens with one attached hydrogen (secondary N) is 3. The lowest BCUT2D eigenvalue weighted by molar-refractivity contribution is -0.200. The van der Waals surface area contributed by atoms with Gasteiger partial charge < -0.3 is 29.8 Å². The number of hydroxylamine groups is 2. The number of nitrogens with zero attached hydrogens (tertiary/aromatic N) is 1. The SMILES string of the molecule is CCCCCC(C(=O)NCNC(=O)c1ccc(-c2ccc(C(=O)NC(CC(=O)OC)C(=O)OC)cc2)o1)C(CC)N(C=O)OCc1ccccc1. The van der Waals surface area contributed by atoms with Crippen LogP contribution in [0.4, 0.5) is 0 Å². The Hall–Kier alpha value is -5.50. The Kier molecular flexibility index (Phi) is 16.4. The van der Waals surface area contributed by atoms with Gasteiger partial charge in [-0.25, -0.2) is 9.86 Å². The summed E-state index contributed by atoms with van der Waals surface area (Å²) in [5.74, 6) is -3.20. The van der Waals surface area contributed by atoms with Crippen molar-refractivity contribution in [1.82, 2.24) is 21.0 Å². The van der Waals surface area contributed by atoms with Crippen LogP contribution in [0, 0.1) is 5.92 Å². The molecule has 14 nitrogen and oxygen atoms in total. The van der Waals surface area contributed by atoms with Gasteiger partial charge >= 0.3 is 11.9 Å². The van der Waals surface area contributed by atoms with Crippen molar-refractivity contribution in [2.24, 2.45) is 5.92 Å². The largest absolute Gasteiger partial charge is 0.469 e. The fraction of sp³-hybridized carbons (Fsp3) is 0.405. The van der Waals surface area contributed by atoms with Crippen molar-refractivity contribution in [3.8, 4) is 11.3 Å². The van der Waals surface area contributed by atoms with Crippen LogP contribution in [-0.2, 0) is 40.1 Å². The average molecular weight is 707 g/mol. The number of furan rings is 1. The van der Waals surface area contributed by atoms with Crippen LogP contribution in [-0.4, -0.2) is 74.1 Å². The zero-order chi connectivity index (χ0) is 37.2. The predicted molar refractivity (Wildman–Crippen MR) is 185 cm³/mol. The van der Waals surface area contributed by atoms with Crippen LogP contribution in [0.25, 0.3) is 11.3 Å². The predicted octanol–water partition coefficient (Wildman–Crippen LogP) is 4.15. The van der Waals surface area contributed by atoms with Gasteiger partial charge in [0.2, 0.25) is 12.3 Å². The van der Waals surface area contributed by atoms with E-state index in [1.807, 2.05) is 37.3 Å². The summed E-state index contributed by atoms with van der Waals surface area (Å²) >= 11 is 0. The van der Waals surface area contributed by atoms with E-state index in [-0.39, 0.29) is 30.5 Å². The van der Waals surface area contributed by atoms with E-state index in [4.69, 9.17) is 9.25 Å². The van der Waals surface area contributed by atoms with E-state index < -0.39 is 48.2 Å². The van der Waals surface area contributed by atoms with Crippen molar-refractivity contribution in [3.63, 3.8) is 0 Å². The summed E-state index contributed by atoms with van der Waals surface area (Å²) in [5, 5.41) is 9.08. The third-order valence-corrected chi connectivity index (χ3v) is 8.15. The van der Waals surface area contributed by atoms with E-state index in [0.717, 1.165) is 31.9 Å². The second-order valence-corrected chi connectivity index (χ2v) is 11.6. The molecule has 0 spiro atoms. The summed E-state index contributed by atoms with van der Waals surface area (Å²) in [7, 11) is 2.31. The fourth-order valence-electron chi connectivity index (χ4n) is 5.34. The number of benzene rings is 2. The fourth-order valence-corrected chi connectivity index (χ4v) is 5.34. The van der Waals surface area contributed by atoms with Crippen LogP contribution in [0.1, 0.15) is 78.8 Å². The topological polar surface area (TPSA) is 183 Å². The molecule has 0 aliphatic carbocycles. The Labute approximate surface area is 297 Å². The molecule has 0 saturated heterocycles. The smallest absolute Gasteiger partial charge is 0.328 e. The van der Waals surface area contributed by atoms with Crippen molar-refractivity contribution < 1.29 is 47.5 Å². The zero-order valence-corrected chi connectivity index (χ0v) is 29.3. The van der Waals surface area contributed by atoms with Crippen LogP contribution >= 0.6 is 0 Å². The zero-order valence-electron chi connectivity index (χ0n) is 29.3. The molecule has 14 heteroatoms. The third-order valence-electron chi connectivity index (χ3n) is 8.15. The molecule has 1 heterocycles. The van der Waals surface area contributed by atoms with Crippen LogP contribution < -0.4 is 16.0 Å². The molecule has 0 aliphatic heterocycles. The van der Waals surface area contributed by atoms with Crippen molar-refractivity contribution >= 4 is 36.1 Å². The lowest BCUT2D eigenvalue weighted by atomic mass is 9.90. The molecule has 0 fully saturated rings. The summed E-state index contributed by atoms with van der Waals surface area (Å²) in [6.45, 7) is 3.96. The second kappa shape index (κ2) is 20.9. The van der Waals surface area contributed by atoms with E-state index in [9.17, 15) is 28.8 Å². The van der Waals surface area contributed by atoms with Gasteiger partial charge in [-0.2, -0.15) is 0 Å². The Morgan fingerprint density at radius 2 is 1.59 bits per heavy atom. The highest BCUT2D eigenvalue weighted by atomic mass is 16.7. The summed E-state index contributed by atoms with van der Waals surface area (Å²) in [5.41, 5.74) is 1.65. The minimum Gasteiger partial charge on any atom is -0.469 e. The number of methoxy groups -OCH3 is 2. The minimum atomic E-state index is -1.23. The first-order chi connectivity index (χ1) is 24.6. The maximum Gasteiger partial charge on any atom is 0.328 e. The molecule has 2 aromatic carbocycles. The lowest BCUT2D eigenvalue weighted by Gasteiger charge is -2.32. The molecule has 0 aliphatic rings. The maximum absolute atomic E-state index is 13.4. The highest BCUT2D eigenvalue weighted by molar-refractivity contribution is 5.98. The van der Waals surface area contributed by atoms with E-state index in [0.29, 0.717) is 30.6 Å². The molecule has 3 aromatic rings. The van der Waals surface area contributed by atoms with E-state index in [1.165, 1.54) is 30.4 Å². The van der Waals surface area contributed by atoms with Gasteiger partial charge in [-0.1, -0.05) is 75.6 Å².